The number of nitrogens with one attached hydrogen (secondary N) is 1. The molecule has 1 aromatic carbocycles. The number of fused-ring (bicyclic) bond motifs is 1. The fraction of sp³-hybridized carbons (Fsp3) is 0.294. The van der Waals surface area contributed by atoms with Crippen LogP contribution >= 0.6 is 0 Å². The number of hydrogen-bond acceptors (Lipinski definition) is 6. The first kappa shape index (κ1) is 16.5. The molecule has 0 radical (unpaired) electrons. The third-order valence-electron chi connectivity index (χ3n) is 4.13. The lowest BCUT2D eigenvalue weighted by molar-refractivity contribution is -0.385. The van der Waals surface area contributed by atoms with Crippen molar-refractivity contribution < 1.29 is 9.66 Å². The molecular weight excluding hydrogens is 322 g/mol. The summed E-state index contributed by atoms with van der Waals surface area (Å²) in [4.78, 5) is 11.0. The standard InChI is InChI=1S/C17H17N5O3/c1-17(2,3)14-13-12(9-6-4-5-7-11(9)22(23)24)10(8-18)15(19)25-16(13)21-20-14/h4-7,12H,19H2,1-3H3,(H,20,21). The molecule has 25 heavy (non-hydrogen) atoms. The SMILES string of the molecule is CC(C)(C)c1[nH]nc2c1C(c1ccccc1[N+](=O)[O-])C(C#N)=C(N)O2. The number of para-hydroxylation sites is 1. The number of rotatable bonds is 2. The zero-order chi connectivity index (χ0) is 18.4. The van der Waals surface area contributed by atoms with E-state index in [0.717, 1.165) is 5.69 Å². The van der Waals surface area contributed by atoms with Crippen LogP contribution in [0.25, 0.3) is 0 Å². The normalized spacial score (nSPS) is 16.8. The fourth-order valence-corrected chi connectivity index (χ4v) is 3.03. The minimum atomic E-state index is -0.719. The van der Waals surface area contributed by atoms with E-state index in [4.69, 9.17) is 10.5 Å². The number of benzene rings is 1. The maximum Gasteiger partial charge on any atom is 0.273 e. The van der Waals surface area contributed by atoms with Gasteiger partial charge in [0.25, 0.3) is 5.69 Å². The second-order valence-corrected chi connectivity index (χ2v) is 6.81. The third-order valence-corrected chi connectivity index (χ3v) is 4.13. The van der Waals surface area contributed by atoms with Crippen molar-refractivity contribution in [2.45, 2.75) is 32.1 Å². The molecule has 3 rings (SSSR count). The molecule has 1 aliphatic rings. The van der Waals surface area contributed by atoms with Crippen LogP contribution in [-0.4, -0.2) is 15.1 Å². The highest BCUT2D eigenvalue weighted by Gasteiger charge is 2.40. The van der Waals surface area contributed by atoms with E-state index in [1.165, 1.54) is 6.07 Å². The van der Waals surface area contributed by atoms with E-state index >= 15 is 0 Å². The van der Waals surface area contributed by atoms with E-state index in [0.29, 0.717) is 11.1 Å². The number of aromatic amines is 1. The van der Waals surface area contributed by atoms with Crippen LogP contribution in [0.3, 0.4) is 0 Å². The van der Waals surface area contributed by atoms with E-state index in [9.17, 15) is 15.4 Å². The molecule has 1 aromatic heterocycles. The minimum absolute atomic E-state index is 0.0815. The van der Waals surface area contributed by atoms with Gasteiger partial charge in [0.1, 0.15) is 11.6 Å². The Hall–Kier alpha value is -3.34. The predicted octanol–water partition coefficient (Wildman–Crippen LogP) is 2.83. The Bertz CT molecular complexity index is 930. The fourth-order valence-electron chi connectivity index (χ4n) is 3.03. The van der Waals surface area contributed by atoms with Crippen molar-refractivity contribution in [3.8, 4) is 11.9 Å². The highest BCUT2D eigenvalue weighted by Crippen LogP contribution is 2.47. The molecule has 8 nitrogen and oxygen atoms in total. The number of hydrogen-bond donors (Lipinski definition) is 2. The van der Waals surface area contributed by atoms with E-state index < -0.39 is 10.8 Å². The molecule has 0 fully saturated rings. The van der Waals surface area contributed by atoms with Crippen LogP contribution in [0, 0.1) is 21.4 Å². The van der Waals surface area contributed by atoms with E-state index in [2.05, 4.69) is 10.2 Å². The lowest BCUT2D eigenvalue weighted by Gasteiger charge is -2.27. The summed E-state index contributed by atoms with van der Waals surface area (Å²) in [5.74, 6) is -0.571. The Morgan fingerprint density at radius 1 is 1.40 bits per heavy atom. The second-order valence-electron chi connectivity index (χ2n) is 6.81. The zero-order valence-corrected chi connectivity index (χ0v) is 14.0. The number of aromatic nitrogens is 2. The van der Waals surface area contributed by atoms with E-state index in [-0.39, 0.29) is 28.4 Å². The maximum absolute atomic E-state index is 11.5. The van der Waals surface area contributed by atoms with Crippen molar-refractivity contribution in [2.24, 2.45) is 5.73 Å². The van der Waals surface area contributed by atoms with Crippen LogP contribution in [0.2, 0.25) is 0 Å². The number of nitrogens with zero attached hydrogens (tertiary/aromatic N) is 3. The van der Waals surface area contributed by atoms with Crippen LogP contribution in [-0.2, 0) is 5.41 Å². The Balaban J connectivity index is 2.34. The molecule has 0 aliphatic carbocycles. The number of nitro groups is 1. The quantitative estimate of drug-likeness (QED) is 0.639. The molecule has 1 atom stereocenters. The van der Waals surface area contributed by atoms with Gasteiger partial charge < -0.3 is 10.5 Å². The van der Waals surface area contributed by atoms with Gasteiger partial charge in [-0.3, -0.25) is 15.2 Å². The number of ether oxygens (including phenoxy) is 1. The van der Waals surface area contributed by atoms with Crippen molar-refractivity contribution >= 4 is 5.69 Å². The first-order chi connectivity index (χ1) is 11.8. The second kappa shape index (κ2) is 5.63. The largest absolute Gasteiger partial charge is 0.420 e. The molecule has 128 valence electrons. The minimum Gasteiger partial charge on any atom is -0.420 e. The van der Waals surface area contributed by atoms with Crippen molar-refractivity contribution in [3.63, 3.8) is 0 Å². The number of H-pyrrole nitrogens is 1. The van der Waals surface area contributed by atoms with Gasteiger partial charge >= 0.3 is 0 Å². The van der Waals surface area contributed by atoms with Gasteiger partial charge in [-0.15, -0.1) is 5.10 Å². The Kier molecular flexibility index (Phi) is 3.72. The smallest absolute Gasteiger partial charge is 0.273 e. The van der Waals surface area contributed by atoms with Crippen molar-refractivity contribution in [1.29, 1.82) is 5.26 Å². The van der Waals surface area contributed by atoms with Crippen molar-refractivity contribution in [2.75, 3.05) is 0 Å². The lowest BCUT2D eigenvalue weighted by atomic mass is 9.78. The van der Waals surface area contributed by atoms with Gasteiger partial charge in [-0.2, -0.15) is 5.26 Å². The molecule has 2 aromatic rings. The van der Waals surface area contributed by atoms with Gasteiger partial charge in [-0.1, -0.05) is 39.0 Å². The summed E-state index contributed by atoms with van der Waals surface area (Å²) in [6, 6.07) is 8.36. The average Bonchev–Trinajstić information content (AvgIpc) is 2.96. The van der Waals surface area contributed by atoms with Gasteiger partial charge in [-0.25, -0.2) is 0 Å². The summed E-state index contributed by atoms with van der Waals surface area (Å²) in [7, 11) is 0. The van der Waals surface area contributed by atoms with E-state index in [1.54, 1.807) is 18.2 Å². The van der Waals surface area contributed by atoms with Crippen LogP contribution in [0.15, 0.2) is 35.7 Å². The molecule has 2 heterocycles. The van der Waals surface area contributed by atoms with E-state index in [1.807, 2.05) is 26.8 Å². The monoisotopic (exact) mass is 339 g/mol. The lowest BCUT2D eigenvalue weighted by Crippen LogP contribution is -2.24. The van der Waals surface area contributed by atoms with Gasteiger partial charge in [0.15, 0.2) is 0 Å². The Morgan fingerprint density at radius 2 is 2.08 bits per heavy atom. The first-order valence-electron chi connectivity index (χ1n) is 7.65. The highest BCUT2D eigenvalue weighted by atomic mass is 16.6. The Labute approximate surface area is 144 Å². The number of nitro benzene ring substituents is 1. The third kappa shape index (κ3) is 2.59. The summed E-state index contributed by atoms with van der Waals surface area (Å²) in [5, 5.41) is 28.2. The number of allylic oxidation sites excluding steroid dienone is 1. The molecule has 0 amide bonds. The summed E-state index contributed by atoms with van der Waals surface area (Å²) >= 11 is 0. The predicted molar refractivity (Wildman–Crippen MR) is 89.7 cm³/mol. The summed E-state index contributed by atoms with van der Waals surface area (Å²) < 4.78 is 5.49. The van der Waals surface area contributed by atoms with Crippen LogP contribution in [0.5, 0.6) is 5.88 Å². The molecule has 0 saturated carbocycles. The van der Waals surface area contributed by atoms with Crippen LogP contribution < -0.4 is 10.5 Å². The average molecular weight is 339 g/mol. The van der Waals surface area contributed by atoms with Crippen LogP contribution in [0.1, 0.15) is 43.5 Å². The van der Waals surface area contributed by atoms with Gasteiger partial charge in [0, 0.05) is 22.7 Å². The zero-order valence-electron chi connectivity index (χ0n) is 14.0. The van der Waals surface area contributed by atoms with Gasteiger partial charge in [-0.05, 0) is 0 Å². The molecule has 8 heteroatoms. The van der Waals surface area contributed by atoms with Crippen molar-refractivity contribution in [3.05, 3.63) is 62.7 Å². The number of nitrogens with two attached hydrogens (primary N) is 1. The summed E-state index contributed by atoms with van der Waals surface area (Å²) in [5.41, 5.74) is 7.33. The summed E-state index contributed by atoms with van der Waals surface area (Å²) in [6.45, 7) is 5.93. The molecule has 0 bridgehead atoms. The molecule has 1 unspecified atom stereocenters. The molecular formula is C17H17N5O3. The topological polar surface area (TPSA) is 131 Å². The molecule has 1 aliphatic heterocycles. The summed E-state index contributed by atoms with van der Waals surface area (Å²) in [6.07, 6.45) is 0. The van der Waals surface area contributed by atoms with Gasteiger partial charge in [0.2, 0.25) is 11.8 Å². The first-order valence-corrected chi connectivity index (χ1v) is 7.65. The highest BCUT2D eigenvalue weighted by molar-refractivity contribution is 5.60. The number of nitriles is 1. The van der Waals surface area contributed by atoms with Crippen LogP contribution in [0.4, 0.5) is 5.69 Å². The molecule has 0 spiro atoms. The molecule has 3 N–H and O–H groups in total. The molecule has 0 saturated heterocycles. The van der Waals surface area contributed by atoms with Crippen molar-refractivity contribution in [1.82, 2.24) is 10.2 Å². The Morgan fingerprint density at radius 3 is 2.68 bits per heavy atom. The maximum atomic E-state index is 11.5. The van der Waals surface area contributed by atoms with Gasteiger partial charge in [0.05, 0.1) is 16.4 Å².